The number of ether oxygens (including phenoxy) is 2. The van der Waals surface area contributed by atoms with Crippen LogP contribution >= 0.6 is 0 Å². The zero-order valence-electron chi connectivity index (χ0n) is 22.5. The fourth-order valence-electron chi connectivity index (χ4n) is 4.62. The van der Waals surface area contributed by atoms with E-state index in [0.29, 0.717) is 66.6 Å². The molecule has 0 radical (unpaired) electrons. The van der Waals surface area contributed by atoms with E-state index >= 15 is 0 Å². The average molecular weight is 525 g/mol. The Hall–Kier alpha value is -4.28. The molecule has 0 unspecified atom stereocenters. The van der Waals surface area contributed by atoms with Crippen molar-refractivity contribution < 1.29 is 24.2 Å². The van der Waals surface area contributed by atoms with Crippen molar-refractivity contribution in [1.82, 2.24) is 19.8 Å². The first-order valence-electron chi connectivity index (χ1n) is 12.2. The van der Waals surface area contributed by atoms with Gasteiger partial charge in [-0.2, -0.15) is 4.98 Å². The Labute approximate surface area is 222 Å². The van der Waals surface area contributed by atoms with Crippen molar-refractivity contribution in [3.63, 3.8) is 0 Å². The van der Waals surface area contributed by atoms with E-state index in [-0.39, 0.29) is 5.41 Å². The lowest BCUT2D eigenvalue weighted by Gasteiger charge is -2.43. The minimum absolute atomic E-state index is 0.230. The SMILES string of the molecule is CN(C)C=O.COc1cc2nc(N(C)CC3(c4ccccc4)CCN(C(=O)O)CC3)nc(N)c2cc1OC. The molecule has 11 heteroatoms. The normalized spacial score (nSPS) is 14.2. The molecule has 204 valence electrons. The highest BCUT2D eigenvalue weighted by atomic mass is 16.5. The van der Waals surface area contributed by atoms with Crippen LogP contribution in [0.4, 0.5) is 16.6 Å². The van der Waals surface area contributed by atoms with Crippen LogP contribution < -0.4 is 20.1 Å². The summed E-state index contributed by atoms with van der Waals surface area (Å²) in [5.74, 6) is 1.99. The van der Waals surface area contributed by atoms with Crippen LogP contribution in [-0.4, -0.2) is 92.4 Å². The maximum absolute atomic E-state index is 11.5. The molecule has 4 rings (SSSR count). The number of hydrogen-bond acceptors (Lipinski definition) is 8. The second kappa shape index (κ2) is 12.3. The Balaban J connectivity index is 0.000000732. The van der Waals surface area contributed by atoms with Crippen molar-refractivity contribution in [3.8, 4) is 11.5 Å². The summed E-state index contributed by atoms with van der Waals surface area (Å²) in [7, 11) is 8.46. The molecule has 2 heterocycles. The summed E-state index contributed by atoms with van der Waals surface area (Å²) in [4.78, 5) is 35.1. The van der Waals surface area contributed by atoms with Crippen LogP contribution in [-0.2, 0) is 10.2 Å². The van der Waals surface area contributed by atoms with Gasteiger partial charge in [-0.25, -0.2) is 9.78 Å². The van der Waals surface area contributed by atoms with Gasteiger partial charge < -0.3 is 35.0 Å². The molecule has 1 fully saturated rings. The smallest absolute Gasteiger partial charge is 0.407 e. The number of carbonyl (C=O) groups excluding carboxylic acids is 1. The number of carbonyl (C=O) groups is 2. The zero-order chi connectivity index (χ0) is 27.9. The van der Waals surface area contributed by atoms with Gasteiger partial charge in [-0.3, -0.25) is 4.79 Å². The molecule has 3 N–H and O–H groups in total. The number of piperidine rings is 1. The maximum atomic E-state index is 11.5. The number of nitrogens with two attached hydrogens (primary N) is 1. The van der Waals surface area contributed by atoms with Crippen molar-refractivity contribution in [2.45, 2.75) is 18.3 Å². The van der Waals surface area contributed by atoms with Gasteiger partial charge in [0.05, 0.1) is 19.7 Å². The molecule has 0 aliphatic carbocycles. The molecule has 2 aromatic carbocycles. The van der Waals surface area contributed by atoms with Crippen LogP contribution in [0.1, 0.15) is 18.4 Å². The van der Waals surface area contributed by atoms with Gasteiger partial charge in [0, 0.05) is 57.6 Å². The lowest BCUT2D eigenvalue weighted by molar-refractivity contribution is -0.115. The number of rotatable bonds is 7. The summed E-state index contributed by atoms with van der Waals surface area (Å²) in [6.07, 6.45) is 1.30. The number of fused-ring (bicyclic) bond motifs is 1. The number of likely N-dealkylation sites (N-methyl/N-ethyl adjacent to an activating group) is 1. The lowest BCUT2D eigenvalue weighted by Crippen LogP contribution is -2.49. The molecule has 0 spiro atoms. The summed E-state index contributed by atoms with van der Waals surface area (Å²) in [6, 6.07) is 13.8. The third-order valence-electron chi connectivity index (χ3n) is 6.69. The number of aromatic nitrogens is 2. The van der Waals surface area contributed by atoms with Crippen LogP contribution in [0.2, 0.25) is 0 Å². The third-order valence-corrected chi connectivity index (χ3v) is 6.69. The molecule has 11 nitrogen and oxygen atoms in total. The highest BCUT2D eigenvalue weighted by Crippen LogP contribution is 2.38. The highest BCUT2D eigenvalue weighted by molar-refractivity contribution is 5.91. The number of amides is 2. The molecule has 38 heavy (non-hydrogen) atoms. The summed E-state index contributed by atoms with van der Waals surface area (Å²) in [5.41, 5.74) is 7.91. The van der Waals surface area contributed by atoms with Crippen LogP contribution in [0.5, 0.6) is 11.5 Å². The zero-order valence-corrected chi connectivity index (χ0v) is 22.5. The first-order chi connectivity index (χ1) is 18.1. The fourth-order valence-corrected chi connectivity index (χ4v) is 4.62. The van der Waals surface area contributed by atoms with Crippen molar-refractivity contribution in [1.29, 1.82) is 0 Å². The second-order valence-electron chi connectivity index (χ2n) is 9.47. The summed E-state index contributed by atoms with van der Waals surface area (Å²) < 4.78 is 10.8. The first-order valence-corrected chi connectivity index (χ1v) is 12.2. The van der Waals surface area contributed by atoms with Gasteiger partial charge in [0.1, 0.15) is 5.82 Å². The Morgan fingerprint density at radius 3 is 2.18 bits per heavy atom. The van der Waals surface area contributed by atoms with Gasteiger partial charge in [-0.15, -0.1) is 0 Å². The number of hydrogen-bond donors (Lipinski definition) is 2. The van der Waals surface area contributed by atoms with Crippen LogP contribution in [0.3, 0.4) is 0 Å². The monoisotopic (exact) mass is 524 g/mol. The largest absolute Gasteiger partial charge is 0.493 e. The van der Waals surface area contributed by atoms with E-state index < -0.39 is 6.09 Å². The van der Waals surface area contributed by atoms with E-state index in [4.69, 9.17) is 20.2 Å². The van der Waals surface area contributed by atoms with E-state index in [9.17, 15) is 14.7 Å². The van der Waals surface area contributed by atoms with Gasteiger partial charge in [0.25, 0.3) is 0 Å². The molecule has 1 aliphatic heterocycles. The van der Waals surface area contributed by atoms with Crippen molar-refractivity contribution >= 4 is 35.2 Å². The molecule has 0 saturated carbocycles. The number of nitrogens with zero attached hydrogens (tertiary/aromatic N) is 5. The highest BCUT2D eigenvalue weighted by Gasteiger charge is 2.39. The molecular weight excluding hydrogens is 488 g/mol. The summed E-state index contributed by atoms with van der Waals surface area (Å²) in [6.45, 7) is 1.59. The molecule has 1 saturated heterocycles. The second-order valence-corrected chi connectivity index (χ2v) is 9.47. The van der Waals surface area contributed by atoms with E-state index in [2.05, 4.69) is 17.1 Å². The van der Waals surface area contributed by atoms with Crippen molar-refractivity contribution in [2.24, 2.45) is 0 Å². The summed E-state index contributed by atoms with van der Waals surface area (Å²) >= 11 is 0. The molecule has 1 aromatic heterocycles. The number of likely N-dealkylation sites (tertiary alicyclic amines) is 1. The molecule has 3 aromatic rings. The first kappa shape index (κ1) is 28.3. The van der Waals surface area contributed by atoms with E-state index in [0.717, 1.165) is 6.41 Å². The predicted molar refractivity (Wildman–Crippen MR) is 147 cm³/mol. The molecular formula is C27H36N6O5. The van der Waals surface area contributed by atoms with Gasteiger partial charge in [-0.05, 0) is 24.5 Å². The number of anilines is 2. The molecule has 1 aliphatic rings. The average Bonchev–Trinajstić information content (AvgIpc) is 2.93. The Morgan fingerprint density at radius 1 is 1.08 bits per heavy atom. The Morgan fingerprint density at radius 2 is 1.66 bits per heavy atom. The molecule has 2 amide bonds. The fraction of sp³-hybridized carbons (Fsp3) is 0.407. The quantitative estimate of drug-likeness (QED) is 0.447. The Bertz CT molecular complexity index is 1250. The molecule has 0 atom stereocenters. The lowest BCUT2D eigenvalue weighted by atomic mass is 9.72. The van der Waals surface area contributed by atoms with Crippen molar-refractivity contribution in [3.05, 3.63) is 48.0 Å². The van der Waals surface area contributed by atoms with Gasteiger partial charge in [-0.1, -0.05) is 30.3 Å². The van der Waals surface area contributed by atoms with E-state index in [1.807, 2.05) is 30.1 Å². The van der Waals surface area contributed by atoms with Crippen molar-refractivity contribution in [2.75, 3.05) is 65.6 Å². The number of nitrogen functional groups attached to an aromatic ring is 1. The minimum Gasteiger partial charge on any atom is -0.493 e. The topological polar surface area (TPSA) is 134 Å². The number of carboxylic acid groups (broad SMARTS) is 1. The van der Waals surface area contributed by atoms with E-state index in [1.54, 1.807) is 40.4 Å². The van der Waals surface area contributed by atoms with Crippen LogP contribution in [0.15, 0.2) is 42.5 Å². The van der Waals surface area contributed by atoms with Crippen LogP contribution in [0.25, 0.3) is 10.9 Å². The molecule has 0 bridgehead atoms. The summed E-state index contributed by atoms with van der Waals surface area (Å²) in [5, 5.41) is 10.1. The Kier molecular flexibility index (Phi) is 9.16. The van der Waals surface area contributed by atoms with Gasteiger partial charge in [0.15, 0.2) is 11.5 Å². The minimum atomic E-state index is -0.875. The standard InChI is InChI=1S/C24H29N5O4.C3H7NO/c1-28(22-26-18-14-20(33-3)19(32-2)13-17(18)21(25)27-22)15-24(16-7-5-4-6-8-16)9-11-29(12-10-24)23(30)31;1-4(2)3-5/h4-8,13-14H,9-12,15H2,1-3H3,(H,30,31)(H2,25,26,27);3H,1-2H3. The maximum Gasteiger partial charge on any atom is 0.407 e. The third kappa shape index (κ3) is 6.34. The van der Waals surface area contributed by atoms with Crippen LogP contribution in [0, 0.1) is 0 Å². The predicted octanol–water partition coefficient (Wildman–Crippen LogP) is 3.08. The van der Waals surface area contributed by atoms with Gasteiger partial charge in [0.2, 0.25) is 12.4 Å². The number of benzene rings is 2. The van der Waals surface area contributed by atoms with Gasteiger partial charge >= 0.3 is 6.09 Å². The van der Waals surface area contributed by atoms with E-state index in [1.165, 1.54) is 15.4 Å². The number of methoxy groups -OCH3 is 2.